The van der Waals surface area contributed by atoms with E-state index in [1.807, 2.05) is 5.32 Å². The predicted molar refractivity (Wildman–Crippen MR) is 167 cm³/mol. The van der Waals surface area contributed by atoms with Gasteiger partial charge in [-0.1, -0.05) is 58.0 Å². The highest BCUT2D eigenvalue weighted by atomic mass is 19.1. The second kappa shape index (κ2) is 20.1. The number of amides is 5. The van der Waals surface area contributed by atoms with Gasteiger partial charge >= 0.3 is 18.0 Å². The van der Waals surface area contributed by atoms with Crippen molar-refractivity contribution >= 4 is 53.2 Å². The van der Waals surface area contributed by atoms with E-state index in [4.69, 9.17) is 9.84 Å². The number of alkyl halides is 1. The largest absolute Gasteiger partial charge is 0.481 e. The van der Waals surface area contributed by atoms with Gasteiger partial charge in [0.15, 0.2) is 6.67 Å². The molecule has 5 atom stereocenters. The van der Waals surface area contributed by atoms with Crippen LogP contribution < -0.4 is 26.6 Å². The zero-order chi connectivity index (χ0) is 37.4. The smallest absolute Gasteiger partial charge is 0.408 e. The normalized spacial score (nSPS) is 13.9. The van der Waals surface area contributed by atoms with Crippen LogP contribution >= 0.6 is 0 Å². The molecule has 0 saturated heterocycles. The van der Waals surface area contributed by atoms with Crippen molar-refractivity contribution in [1.29, 1.82) is 0 Å². The van der Waals surface area contributed by atoms with Crippen LogP contribution in [-0.4, -0.2) is 100 Å². The van der Waals surface area contributed by atoms with Crippen molar-refractivity contribution in [2.24, 2.45) is 11.8 Å². The average molecular weight is 696 g/mol. The molecule has 0 spiro atoms. The molecule has 0 radical (unpaired) electrons. The summed E-state index contributed by atoms with van der Waals surface area (Å²) >= 11 is 0. The van der Waals surface area contributed by atoms with Crippen LogP contribution in [-0.2, 0) is 49.7 Å². The quantitative estimate of drug-likeness (QED) is 0.0861. The van der Waals surface area contributed by atoms with Crippen LogP contribution in [0, 0.1) is 11.8 Å². The molecule has 0 aliphatic heterocycles. The highest BCUT2D eigenvalue weighted by Gasteiger charge is 2.35. The van der Waals surface area contributed by atoms with Gasteiger partial charge in [0.05, 0.1) is 12.8 Å². The number of carbonyl (C=O) groups is 9. The Morgan fingerprint density at radius 1 is 0.653 bits per heavy atom. The Balaban J connectivity index is 3.01. The lowest BCUT2D eigenvalue weighted by molar-refractivity contribution is -0.144. The maximum absolute atomic E-state index is 13.2. The number of benzene rings is 1. The molecule has 0 aliphatic carbocycles. The summed E-state index contributed by atoms with van der Waals surface area (Å²) in [6, 6.07) is 0.921. The molecule has 18 heteroatoms. The standard InChI is InChI=1S/C31H42FN5O12/c1-15(2)24(29(46)33-17(5)27(44)34-19(11-22(39)40)26(43)21(38)13-32)36-28(45)20(12-23(41)42)35-30(47)25(16(3)4)37-31(48)49-14-18-9-7-6-8-10-18/h6-10,15-17,19-20,24-25H,11-14H2,1-5H3,(H,33,46)(H,34,44)(H,35,47)(H,36,45)(H,37,48)(H,39,40)(H,41,42)/t17-,19-,20-,24-,25-/m0/s1. The Bertz CT molecular complexity index is 1390. The second-order valence-electron chi connectivity index (χ2n) is 11.6. The van der Waals surface area contributed by atoms with E-state index in [1.165, 1.54) is 13.8 Å². The van der Waals surface area contributed by atoms with Crippen LogP contribution in [0.2, 0.25) is 0 Å². The molecule has 17 nitrogen and oxygen atoms in total. The molecule has 1 aromatic carbocycles. The molecule has 0 aromatic heterocycles. The summed E-state index contributed by atoms with van der Waals surface area (Å²) in [5.41, 5.74) is 0.683. The number of alkyl carbamates (subject to hydrolysis) is 1. The third-order valence-electron chi connectivity index (χ3n) is 6.85. The van der Waals surface area contributed by atoms with E-state index in [2.05, 4.69) is 21.3 Å². The number of hydrogen-bond acceptors (Lipinski definition) is 10. The van der Waals surface area contributed by atoms with Gasteiger partial charge in [0.2, 0.25) is 35.2 Å². The first kappa shape index (κ1) is 41.6. The summed E-state index contributed by atoms with van der Waals surface area (Å²) in [6.07, 6.45) is -2.90. The minimum Gasteiger partial charge on any atom is -0.481 e. The van der Waals surface area contributed by atoms with E-state index in [9.17, 15) is 52.6 Å². The Morgan fingerprint density at radius 2 is 1.14 bits per heavy atom. The molecule has 49 heavy (non-hydrogen) atoms. The number of carbonyl (C=O) groups excluding carboxylic acids is 7. The summed E-state index contributed by atoms with van der Waals surface area (Å²) in [5.74, 6) is -11.4. The minimum absolute atomic E-state index is 0.0953. The van der Waals surface area contributed by atoms with E-state index in [0.29, 0.717) is 5.56 Å². The molecule has 7 N–H and O–H groups in total. The van der Waals surface area contributed by atoms with Gasteiger partial charge in [-0.2, -0.15) is 0 Å². The lowest BCUT2D eigenvalue weighted by Crippen LogP contribution is -2.60. The summed E-state index contributed by atoms with van der Waals surface area (Å²) in [5, 5.41) is 29.7. The van der Waals surface area contributed by atoms with E-state index < -0.39 is 115 Å². The molecule has 0 bridgehead atoms. The first-order valence-corrected chi connectivity index (χ1v) is 15.1. The molecule has 0 aliphatic rings. The Hall–Kier alpha value is -5.42. The highest BCUT2D eigenvalue weighted by Crippen LogP contribution is 2.08. The van der Waals surface area contributed by atoms with Crippen molar-refractivity contribution < 1.29 is 62.5 Å². The zero-order valence-corrected chi connectivity index (χ0v) is 27.6. The molecule has 0 unspecified atom stereocenters. The van der Waals surface area contributed by atoms with E-state index in [1.54, 1.807) is 44.2 Å². The third kappa shape index (κ3) is 14.5. The van der Waals surface area contributed by atoms with Crippen molar-refractivity contribution in [1.82, 2.24) is 26.6 Å². The number of carboxylic acid groups (broad SMARTS) is 2. The molecule has 1 aromatic rings. The lowest BCUT2D eigenvalue weighted by Gasteiger charge is -2.28. The summed E-state index contributed by atoms with van der Waals surface area (Å²) < 4.78 is 17.8. The van der Waals surface area contributed by atoms with Crippen LogP contribution in [0.3, 0.4) is 0 Å². The molecule has 270 valence electrons. The van der Waals surface area contributed by atoms with Crippen molar-refractivity contribution in [2.45, 2.75) is 84.3 Å². The van der Waals surface area contributed by atoms with Crippen molar-refractivity contribution in [3.05, 3.63) is 35.9 Å². The molecular weight excluding hydrogens is 653 g/mol. The molecule has 0 fully saturated rings. The zero-order valence-electron chi connectivity index (χ0n) is 27.6. The fourth-order valence-corrected chi connectivity index (χ4v) is 4.17. The number of ether oxygens (including phenoxy) is 1. The van der Waals surface area contributed by atoms with Gasteiger partial charge in [-0.15, -0.1) is 0 Å². The number of ketones is 2. The van der Waals surface area contributed by atoms with Crippen LogP contribution in [0.5, 0.6) is 0 Å². The predicted octanol–water partition coefficient (Wildman–Crippen LogP) is -0.390. The monoisotopic (exact) mass is 695 g/mol. The summed E-state index contributed by atoms with van der Waals surface area (Å²) in [4.78, 5) is 111. The number of aliphatic carboxylic acids is 2. The first-order chi connectivity index (χ1) is 22.9. The van der Waals surface area contributed by atoms with Gasteiger partial charge in [0.1, 0.15) is 36.8 Å². The van der Waals surface area contributed by atoms with Gasteiger partial charge in [-0.3, -0.25) is 38.4 Å². The number of Topliss-reactive ketones (excluding diaryl/α,β-unsaturated/α-hetero) is 2. The summed E-state index contributed by atoms with van der Waals surface area (Å²) in [6.45, 7) is 5.51. The second-order valence-corrected chi connectivity index (χ2v) is 11.6. The first-order valence-electron chi connectivity index (χ1n) is 15.1. The Kier molecular flexibility index (Phi) is 17.0. The molecule has 0 heterocycles. The Labute approximate surface area is 281 Å². The summed E-state index contributed by atoms with van der Waals surface area (Å²) in [7, 11) is 0. The van der Waals surface area contributed by atoms with Gasteiger partial charge in [-0.25, -0.2) is 9.18 Å². The van der Waals surface area contributed by atoms with Gasteiger partial charge in [0, 0.05) is 0 Å². The fraction of sp³-hybridized carbons (Fsp3) is 0.516. The number of nitrogens with one attached hydrogen (secondary N) is 5. The maximum Gasteiger partial charge on any atom is 0.408 e. The molecule has 1 rings (SSSR count). The van der Waals surface area contributed by atoms with Gasteiger partial charge in [0.25, 0.3) is 0 Å². The van der Waals surface area contributed by atoms with Crippen LogP contribution in [0.15, 0.2) is 30.3 Å². The number of hydrogen-bond donors (Lipinski definition) is 7. The molecular formula is C31H42FN5O12. The average Bonchev–Trinajstić information content (AvgIpc) is 3.02. The van der Waals surface area contributed by atoms with E-state index >= 15 is 0 Å². The topological polar surface area (TPSA) is 263 Å². The maximum atomic E-state index is 13.2. The number of halogens is 1. The van der Waals surface area contributed by atoms with Crippen LogP contribution in [0.1, 0.15) is 53.0 Å². The minimum atomic E-state index is -1.91. The van der Waals surface area contributed by atoms with E-state index in [-0.39, 0.29) is 6.61 Å². The van der Waals surface area contributed by atoms with Crippen LogP contribution in [0.4, 0.5) is 9.18 Å². The van der Waals surface area contributed by atoms with Crippen molar-refractivity contribution in [2.75, 3.05) is 6.67 Å². The molecule has 5 amide bonds. The van der Waals surface area contributed by atoms with Crippen molar-refractivity contribution in [3.8, 4) is 0 Å². The van der Waals surface area contributed by atoms with Gasteiger partial charge < -0.3 is 41.5 Å². The lowest BCUT2D eigenvalue weighted by atomic mass is 10.0. The van der Waals surface area contributed by atoms with Crippen molar-refractivity contribution in [3.63, 3.8) is 0 Å². The fourth-order valence-electron chi connectivity index (χ4n) is 4.17. The Morgan fingerprint density at radius 3 is 1.65 bits per heavy atom. The van der Waals surface area contributed by atoms with Gasteiger partial charge in [-0.05, 0) is 24.3 Å². The SMILES string of the molecule is CC(C)[C@H](NC(=O)OCc1ccccc1)C(=O)N[C@@H](CC(=O)O)C(=O)N[C@H](C(=O)N[C@@H](C)C(=O)N[C@@H](CC(=O)O)C(=O)C(=O)CF)C(C)C. The van der Waals surface area contributed by atoms with Crippen LogP contribution in [0.25, 0.3) is 0 Å². The number of rotatable bonds is 20. The third-order valence-corrected chi connectivity index (χ3v) is 6.85. The number of carboxylic acids is 2. The van der Waals surface area contributed by atoms with E-state index in [0.717, 1.165) is 6.92 Å². The molecule has 0 saturated carbocycles. The highest BCUT2D eigenvalue weighted by molar-refractivity contribution is 6.40.